The largest absolute Gasteiger partial charge is 1.00 e. The quantitative estimate of drug-likeness (QED) is 0.262. The molecule has 126 valence electrons. The zero-order valence-corrected chi connectivity index (χ0v) is 28.8. The van der Waals surface area contributed by atoms with Crippen LogP contribution in [0.25, 0.3) is 0 Å². The van der Waals surface area contributed by atoms with Gasteiger partial charge in [-0.15, -0.1) is 0 Å². The summed E-state index contributed by atoms with van der Waals surface area (Å²) in [6.07, 6.45) is -3.19. The van der Waals surface area contributed by atoms with Crippen molar-refractivity contribution in [3.63, 3.8) is 0 Å². The van der Waals surface area contributed by atoms with Gasteiger partial charge in [-0.1, -0.05) is 0 Å². The van der Waals surface area contributed by atoms with Crippen molar-refractivity contribution in [1.82, 2.24) is 0 Å². The SMILES string of the molecule is O=C([O-])C1(C(=O)[O-])CCC(C(=O)[O-])(C(=O)[O-])C1(C(=O)[O-])C(=O)[O-].[Na+].[Na+].[Na+].[Na+].[Na+].[Na+]. The second-order valence-electron chi connectivity index (χ2n) is 4.79. The summed E-state index contributed by atoms with van der Waals surface area (Å²) >= 11 is 0. The number of carboxylic acids is 6. The Bertz CT molecular complexity index is 581. The van der Waals surface area contributed by atoms with Crippen molar-refractivity contribution in [3.8, 4) is 0 Å². The van der Waals surface area contributed by atoms with Crippen LogP contribution in [0.2, 0.25) is 0 Å². The molecule has 0 radical (unpaired) electrons. The van der Waals surface area contributed by atoms with Gasteiger partial charge in [-0.3, -0.25) is 0 Å². The van der Waals surface area contributed by atoms with Gasteiger partial charge in [-0.25, -0.2) is 0 Å². The van der Waals surface area contributed by atoms with Gasteiger partial charge in [0, 0.05) is 0 Å². The predicted octanol–water partition coefficient (Wildman–Crippen LogP) is -27.7. The Kier molecular flexibility index (Phi) is 25.7. The van der Waals surface area contributed by atoms with Crippen molar-refractivity contribution >= 4 is 35.8 Å². The molecule has 0 heterocycles. The first kappa shape index (κ1) is 45.3. The van der Waals surface area contributed by atoms with E-state index in [4.69, 9.17) is 0 Å². The topological polar surface area (TPSA) is 241 Å². The second kappa shape index (κ2) is 16.4. The van der Waals surface area contributed by atoms with Gasteiger partial charge in [-0.2, -0.15) is 0 Å². The van der Waals surface area contributed by atoms with Crippen LogP contribution in [0.4, 0.5) is 0 Å². The van der Waals surface area contributed by atoms with E-state index in [9.17, 15) is 59.4 Å². The van der Waals surface area contributed by atoms with Gasteiger partial charge in [0.1, 0.15) is 0 Å². The molecule has 0 spiro atoms. The van der Waals surface area contributed by atoms with E-state index in [0.717, 1.165) is 0 Å². The summed E-state index contributed by atoms with van der Waals surface area (Å²) in [4.78, 5) is 67.4. The second-order valence-corrected chi connectivity index (χ2v) is 4.79. The van der Waals surface area contributed by atoms with Crippen molar-refractivity contribution in [2.24, 2.45) is 16.2 Å². The van der Waals surface area contributed by atoms with Gasteiger partial charge in [-0.05, 0) is 12.8 Å². The molecule has 0 atom stereocenters. The van der Waals surface area contributed by atoms with Crippen LogP contribution in [0.3, 0.4) is 0 Å². The van der Waals surface area contributed by atoms with E-state index in [1.807, 2.05) is 0 Å². The van der Waals surface area contributed by atoms with Crippen LogP contribution in [0.1, 0.15) is 12.8 Å². The summed E-state index contributed by atoms with van der Waals surface area (Å²) in [5.41, 5.74) is -12.8. The van der Waals surface area contributed by atoms with Crippen LogP contribution in [0, 0.1) is 16.2 Å². The maximum Gasteiger partial charge on any atom is 1.00 e. The molecule has 1 aliphatic rings. The van der Waals surface area contributed by atoms with Crippen molar-refractivity contribution in [3.05, 3.63) is 0 Å². The van der Waals surface area contributed by atoms with Gasteiger partial charge in [0.2, 0.25) is 0 Å². The summed E-state index contributed by atoms with van der Waals surface area (Å²) in [7, 11) is 0. The molecule has 0 amide bonds. The third-order valence-corrected chi connectivity index (χ3v) is 4.16. The van der Waals surface area contributed by atoms with Crippen molar-refractivity contribution in [2.45, 2.75) is 12.8 Å². The van der Waals surface area contributed by atoms with Crippen LogP contribution in [0.15, 0.2) is 0 Å². The van der Waals surface area contributed by atoms with Crippen LogP contribution >= 0.6 is 0 Å². The van der Waals surface area contributed by atoms with E-state index >= 15 is 0 Å². The molecule has 0 saturated heterocycles. The monoisotopic (exact) mass is 466 g/mol. The number of hydrogen-bond donors (Lipinski definition) is 0. The Morgan fingerprint density at radius 3 is 0.690 bits per heavy atom. The van der Waals surface area contributed by atoms with Crippen molar-refractivity contribution in [2.75, 3.05) is 0 Å². The Morgan fingerprint density at radius 1 is 0.414 bits per heavy atom. The molecule has 12 nitrogen and oxygen atoms in total. The van der Waals surface area contributed by atoms with Gasteiger partial charge >= 0.3 is 177 Å². The van der Waals surface area contributed by atoms with Crippen LogP contribution in [0.5, 0.6) is 0 Å². The van der Waals surface area contributed by atoms with E-state index in [1.165, 1.54) is 0 Å². The Balaban J connectivity index is -0.000000220. The van der Waals surface area contributed by atoms with Gasteiger partial charge in [0.05, 0.1) is 52.1 Å². The zero-order chi connectivity index (χ0) is 18.4. The molecule has 1 saturated carbocycles. The van der Waals surface area contributed by atoms with E-state index in [2.05, 4.69) is 0 Å². The molecular formula is C11H4Na6O12. The van der Waals surface area contributed by atoms with E-state index in [-0.39, 0.29) is 177 Å². The summed E-state index contributed by atoms with van der Waals surface area (Å²) in [6, 6.07) is 0. The zero-order valence-electron chi connectivity index (χ0n) is 16.8. The molecule has 0 aromatic heterocycles. The molecular weight excluding hydrogens is 462 g/mol. The molecule has 1 fully saturated rings. The summed E-state index contributed by atoms with van der Waals surface area (Å²) in [6.45, 7) is 0. The first-order valence-electron chi connectivity index (χ1n) is 5.66. The van der Waals surface area contributed by atoms with E-state index in [0.29, 0.717) is 0 Å². The maximum atomic E-state index is 11.3. The molecule has 0 aromatic rings. The minimum Gasteiger partial charge on any atom is -0.549 e. The third kappa shape index (κ3) is 6.29. The van der Waals surface area contributed by atoms with Gasteiger partial charge in [0.15, 0.2) is 0 Å². The Hall–Kier alpha value is 2.82. The Labute approximate surface area is 296 Å². The fourth-order valence-electron chi connectivity index (χ4n) is 3.08. The molecule has 1 rings (SSSR count). The van der Waals surface area contributed by atoms with Crippen molar-refractivity contribution < 1.29 is 237 Å². The minimum absolute atomic E-state index is 0. The van der Waals surface area contributed by atoms with Crippen LogP contribution < -0.4 is 208 Å². The number of hydrogen-bond acceptors (Lipinski definition) is 12. The van der Waals surface area contributed by atoms with Crippen LogP contribution in [-0.2, 0) is 28.8 Å². The number of rotatable bonds is 6. The summed E-state index contributed by atoms with van der Waals surface area (Å²) in [5.74, 6) is -17.9. The molecule has 0 N–H and O–H groups in total. The number of aliphatic carboxylic acids is 6. The van der Waals surface area contributed by atoms with Gasteiger partial charge in [0.25, 0.3) is 0 Å². The predicted molar refractivity (Wildman–Crippen MR) is 46.6 cm³/mol. The smallest absolute Gasteiger partial charge is 0.549 e. The van der Waals surface area contributed by atoms with Crippen LogP contribution in [-0.4, -0.2) is 35.8 Å². The average Bonchev–Trinajstić information content (AvgIpc) is 2.72. The molecule has 0 aromatic carbocycles. The summed E-state index contributed by atoms with van der Waals surface area (Å²) in [5, 5.41) is 67.4. The van der Waals surface area contributed by atoms with E-state index in [1.54, 1.807) is 0 Å². The summed E-state index contributed by atoms with van der Waals surface area (Å²) < 4.78 is 0. The normalized spacial score (nSPS) is 16.1. The molecule has 0 unspecified atom stereocenters. The molecule has 0 aliphatic heterocycles. The van der Waals surface area contributed by atoms with E-state index < -0.39 is 64.9 Å². The van der Waals surface area contributed by atoms with Crippen molar-refractivity contribution in [1.29, 1.82) is 0 Å². The average molecular weight is 466 g/mol. The standard InChI is InChI=1S/C11H10O12.6Na/c12-3(13)9(4(14)15)1-2-10(5(16)17,6(18)19)11(9,7(20)21)8(22)23;;;;;;/h1-2H2,(H,12,13)(H,14,15)(H,16,17)(H,18,19)(H,20,21)(H,22,23);;;;;;/q;6*+1/p-6. The molecule has 29 heavy (non-hydrogen) atoms. The fourth-order valence-corrected chi connectivity index (χ4v) is 3.08. The first-order valence-corrected chi connectivity index (χ1v) is 5.66. The number of carbonyl (C=O) groups is 6. The number of carboxylic acid groups (broad SMARTS) is 6. The Morgan fingerprint density at radius 2 is 0.586 bits per heavy atom. The third-order valence-electron chi connectivity index (χ3n) is 4.16. The molecule has 18 heteroatoms. The minimum atomic E-state index is -4.63. The maximum absolute atomic E-state index is 11.3. The fraction of sp³-hybridized carbons (Fsp3) is 0.455. The number of carbonyl (C=O) groups excluding carboxylic acids is 6. The molecule has 1 aliphatic carbocycles. The molecule has 0 bridgehead atoms. The first-order chi connectivity index (χ1) is 10.4. The van der Waals surface area contributed by atoms with Gasteiger partial charge < -0.3 is 59.4 Å².